The van der Waals surface area contributed by atoms with Crippen LogP contribution >= 0.6 is 11.3 Å². The zero-order chi connectivity index (χ0) is 10.3. The van der Waals surface area contributed by atoms with Crippen molar-refractivity contribution in [2.24, 2.45) is 0 Å². The number of benzene rings is 2. The molecule has 1 aromatic heterocycles. The first-order valence-electron chi connectivity index (χ1n) is 4.62. The number of hydrogen-bond acceptors (Lipinski definition) is 1. The van der Waals surface area contributed by atoms with Gasteiger partial charge in [0.1, 0.15) is 5.52 Å². The van der Waals surface area contributed by atoms with E-state index in [1.54, 1.807) is 17.4 Å². The molecule has 0 saturated heterocycles. The maximum Gasteiger partial charge on any atom is 0.260 e. The average Bonchev–Trinajstić information content (AvgIpc) is 2.27. The largest absolute Gasteiger partial charge is 0.260 e. The van der Waals surface area contributed by atoms with Crippen molar-refractivity contribution in [3.63, 3.8) is 0 Å². The molecule has 0 unspecified atom stereocenters. The number of aromatic nitrogens is 1. The van der Waals surface area contributed by atoms with Crippen molar-refractivity contribution in [1.82, 2.24) is 4.98 Å². The van der Waals surface area contributed by atoms with Crippen molar-refractivity contribution in [1.29, 1.82) is 0 Å². The van der Waals surface area contributed by atoms with Gasteiger partial charge in [-0.15, -0.1) is 0 Å². The van der Waals surface area contributed by atoms with Crippen LogP contribution in [0.2, 0.25) is 0 Å². The molecule has 3 rings (SSSR count). The summed E-state index contributed by atoms with van der Waals surface area (Å²) in [6.45, 7) is 0. The van der Waals surface area contributed by atoms with Crippen LogP contribution in [0.3, 0.4) is 0 Å². The highest BCUT2D eigenvalue weighted by Gasteiger charge is 2.14. The number of rotatable bonds is 0. The van der Waals surface area contributed by atoms with E-state index in [-0.39, 0.29) is 5.82 Å². The lowest BCUT2D eigenvalue weighted by Crippen LogP contribution is -1.83. The monoisotopic (exact) mass is 216 g/mol. The number of halogens is 1. The average molecular weight is 216 g/mol. The molecule has 15 heavy (non-hydrogen) atoms. The summed E-state index contributed by atoms with van der Waals surface area (Å²) in [6.07, 6.45) is 0. The Morgan fingerprint density at radius 1 is 0.933 bits per heavy atom. The number of nitrogens with zero attached hydrogens (tertiary/aromatic N) is 1. The molecule has 3 aromatic rings. The Hall–Kier alpha value is -1.61. The maximum atomic E-state index is 13.5. The standard InChI is InChI=1S/C12H7FNS/c13-8-4-3-7-11-12(8)14-9-5-1-2-6-10(9)15-11/h1-7H/q+1. The Morgan fingerprint density at radius 2 is 1.73 bits per heavy atom. The van der Waals surface area contributed by atoms with Crippen LogP contribution in [-0.4, -0.2) is 4.98 Å². The fourth-order valence-electron chi connectivity index (χ4n) is 1.56. The van der Waals surface area contributed by atoms with Gasteiger partial charge in [0.25, 0.3) is 9.40 Å². The minimum absolute atomic E-state index is 0.255. The SMILES string of the molecule is Fc1cccc2[s+]c3ccccc3nc12. The third-order valence-electron chi connectivity index (χ3n) is 2.27. The fourth-order valence-corrected chi connectivity index (χ4v) is 2.55. The third-order valence-corrected chi connectivity index (χ3v) is 3.38. The lowest BCUT2D eigenvalue weighted by Gasteiger charge is -1.92. The van der Waals surface area contributed by atoms with E-state index in [0.717, 1.165) is 14.9 Å². The Morgan fingerprint density at radius 3 is 2.67 bits per heavy atom. The minimum atomic E-state index is -0.255. The second-order valence-electron chi connectivity index (χ2n) is 3.27. The van der Waals surface area contributed by atoms with Gasteiger partial charge in [-0.25, -0.2) is 9.37 Å². The second-order valence-corrected chi connectivity index (χ2v) is 4.35. The van der Waals surface area contributed by atoms with Crippen LogP contribution in [0.25, 0.3) is 20.4 Å². The van der Waals surface area contributed by atoms with Crippen LogP contribution in [0.15, 0.2) is 42.5 Å². The zero-order valence-corrected chi connectivity index (χ0v) is 8.59. The smallest absolute Gasteiger partial charge is 0.234 e. The van der Waals surface area contributed by atoms with Crippen molar-refractivity contribution in [2.45, 2.75) is 0 Å². The number of fused-ring (bicyclic) bond motifs is 2. The van der Waals surface area contributed by atoms with Crippen LogP contribution in [0.4, 0.5) is 4.39 Å². The summed E-state index contributed by atoms with van der Waals surface area (Å²) >= 11 is 1.56. The quantitative estimate of drug-likeness (QED) is 0.410. The summed E-state index contributed by atoms with van der Waals surface area (Å²) in [5, 5.41) is 0. The first-order valence-corrected chi connectivity index (χ1v) is 5.43. The summed E-state index contributed by atoms with van der Waals surface area (Å²) < 4.78 is 15.4. The molecule has 0 spiro atoms. The maximum absolute atomic E-state index is 13.5. The molecule has 0 aliphatic heterocycles. The van der Waals surface area contributed by atoms with Gasteiger partial charge in [0.15, 0.2) is 11.3 Å². The summed E-state index contributed by atoms with van der Waals surface area (Å²) in [5.41, 5.74) is 1.31. The lowest BCUT2D eigenvalue weighted by atomic mass is 10.3. The summed E-state index contributed by atoms with van der Waals surface area (Å²) in [7, 11) is 0. The first kappa shape index (κ1) is 8.68. The van der Waals surface area contributed by atoms with Gasteiger partial charge < -0.3 is 0 Å². The molecule has 1 nitrogen and oxygen atoms in total. The van der Waals surface area contributed by atoms with Gasteiger partial charge in [-0.3, -0.25) is 0 Å². The van der Waals surface area contributed by atoms with E-state index in [4.69, 9.17) is 0 Å². The van der Waals surface area contributed by atoms with Gasteiger partial charge in [-0.2, -0.15) is 0 Å². The van der Waals surface area contributed by atoms with Gasteiger partial charge in [0, 0.05) is 12.1 Å². The van der Waals surface area contributed by atoms with Crippen LogP contribution < -0.4 is 0 Å². The number of hydrogen-bond donors (Lipinski definition) is 0. The van der Waals surface area contributed by atoms with Crippen LogP contribution in [0.1, 0.15) is 0 Å². The molecule has 0 aliphatic rings. The molecule has 0 amide bonds. The van der Waals surface area contributed by atoms with E-state index in [2.05, 4.69) is 4.98 Å². The zero-order valence-electron chi connectivity index (χ0n) is 7.77. The molecule has 0 N–H and O–H groups in total. The van der Waals surface area contributed by atoms with Crippen molar-refractivity contribution >= 4 is 31.8 Å². The Labute approximate surface area is 89.8 Å². The molecule has 3 heteroatoms. The molecule has 1 heterocycles. The van der Waals surface area contributed by atoms with Crippen molar-refractivity contribution in [3.8, 4) is 0 Å². The van der Waals surface area contributed by atoms with Gasteiger partial charge in [-0.05, 0) is 12.1 Å². The molecule has 2 aromatic carbocycles. The molecule has 0 atom stereocenters. The molecule has 72 valence electrons. The van der Waals surface area contributed by atoms with Gasteiger partial charge in [0.05, 0.1) is 0 Å². The molecular formula is C12H7FNS+. The normalized spacial score (nSPS) is 11.0. The summed E-state index contributed by atoms with van der Waals surface area (Å²) in [4.78, 5) is 4.31. The highest BCUT2D eigenvalue weighted by atomic mass is 32.1. The molecule has 0 bridgehead atoms. The fraction of sp³-hybridized carbons (Fsp3) is 0. The van der Waals surface area contributed by atoms with Gasteiger partial charge in [0.2, 0.25) is 11.3 Å². The van der Waals surface area contributed by atoms with Gasteiger partial charge >= 0.3 is 0 Å². The van der Waals surface area contributed by atoms with Crippen LogP contribution in [-0.2, 0) is 0 Å². The van der Waals surface area contributed by atoms with Crippen molar-refractivity contribution in [2.75, 3.05) is 0 Å². The van der Waals surface area contributed by atoms with Crippen molar-refractivity contribution in [3.05, 3.63) is 48.3 Å². The van der Waals surface area contributed by atoms with Crippen LogP contribution in [0.5, 0.6) is 0 Å². The van der Waals surface area contributed by atoms with Gasteiger partial charge in [-0.1, -0.05) is 18.2 Å². The Bertz CT molecular complexity index is 651. The lowest BCUT2D eigenvalue weighted by molar-refractivity contribution is 0.637. The molecule has 0 saturated carbocycles. The van der Waals surface area contributed by atoms with E-state index >= 15 is 0 Å². The van der Waals surface area contributed by atoms with E-state index in [9.17, 15) is 4.39 Å². The molecule has 0 aliphatic carbocycles. The van der Waals surface area contributed by atoms with E-state index in [0.29, 0.717) is 5.52 Å². The summed E-state index contributed by atoms with van der Waals surface area (Å²) in [5.74, 6) is -0.255. The highest BCUT2D eigenvalue weighted by Crippen LogP contribution is 2.26. The second kappa shape index (κ2) is 3.21. The Balaban J connectivity index is 2.53. The van der Waals surface area contributed by atoms with E-state index in [1.807, 2.05) is 30.3 Å². The molecule has 0 radical (unpaired) electrons. The molecular weight excluding hydrogens is 209 g/mol. The molecule has 0 fully saturated rings. The predicted molar refractivity (Wildman–Crippen MR) is 61.5 cm³/mol. The third kappa shape index (κ3) is 1.36. The van der Waals surface area contributed by atoms with Crippen molar-refractivity contribution < 1.29 is 4.39 Å². The first-order chi connectivity index (χ1) is 7.34. The minimum Gasteiger partial charge on any atom is -0.234 e. The van der Waals surface area contributed by atoms with E-state index < -0.39 is 0 Å². The summed E-state index contributed by atoms with van der Waals surface area (Å²) in [6, 6.07) is 12.8. The highest BCUT2D eigenvalue weighted by molar-refractivity contribution is 7.24. The topological polar surface area (TPSA) is 12.9 Å². The predicted octanol–water partition coefficient (Wildman–Crippen LogP) is 3.87. The van der Waals surface area contributed by atoms with E-state index in [1.165, 1.54) is 6.07 Å². The Kier molecular flexibility index (Phi) is 1.86. The van der Waals surface area contributed by atoms with Crippen LogP contribution in [0, 0.1) is 5.82 Å². The number of para-hydroxylation sites is 2.